The number of rotatable bonds is 4. The van der Waals surface area contributed by atoms with Crippen LogP contribution in [0, 0.1) is 0 Å². The van der Waals surface area contributed by atoms with Crippen molar-refractivity contribution in [2.24, 2.45) is 0 Å². The number of benzene rings is 2. The summed E-state index contributed by atoms with van der Waals surface area (Å²) in [5.41, 5.74) is 1.21. The Morgan fingerprint density at radius 2 is 1.80 bits per heavy atom. The van der Waals surface area contributed by atoms with E-state index < -0.39 is 0 Å². The average molecular weight is 340 g/mol. The topological polar surface area (TPSA) is 67.9 Å². The lowest BCUT2D eigenvalue weighted by atomic mass is 10.1. The molecule has 0 aromatic heterocycles. The van der Waals surface area contributed by atoms with Gasteiger partial charge in [0.15, 0.2) is 17.6 Å². The number of ether oxygens (including phenoxy) is 2. The molecule has 6 heteroatoms. The molecule has 0 spiro atoms. The number of anilines is 1. The van der Waals surface area contributed by atoms with Gasteiger partial charge >= 0.3 is 0 Å². The summed E-state index contributed by atoms with van der Waals surface area (Å²) in [5, 5.41) is 2.67. The predicted octanol–water partition coefficient (Wildman–Crippen LogP) is 2.56. The Morgan fingerprint density at radius 3 is 2.48 bits per heavy atom. The van der Waals surface area contributed by atoms with E-state index in [1.165, 1.54) is 6.92 Å². The number of amides is 2. The molecule has 1 unspecified atom stereocenters. The second kappa shape index (κ2) is 7.25. The van der Waals surface area contributed by atoms with Crippen molar-refractivity contribution in [1.82, 2.24) is 4.90 Å². The second-order valence-electron chi connectivity index (χ2n) is 5.94. The molecule has 130 valence electrons. The Bertz CT molecular complexity index is 773. The normalized spacial score (nSPS) is 15.4. The summed E-state index contributed by atoms with van der Waals surface area (Å²) in [6.07, 6.45) is -0.220. The highest BCUT2D eigenvalue weighted by Gasteiger charge is 2.24. The molecule has 6 nitrogen and oxygen atoms in total. The van der Waals surface area contributed by atoms with Crippen molar-refractivity contribution in [2.45, 2.75) is 13.0 Å². The van der Waals surface area contributed by atoms with Crippen molar-refractivity contribution in [3.05, 3.63) is 54.1 Å². The van der Waals surface area contributed by atoms with Crippen LogP contribution in [0.15, 0.2) is 48.5 Å². The lowest BCUT2D eigenvalue weighted by Crippen LogP contribution is -2.41. The Hall–Kier alpha value is -3.02. The van der Waals surface area contributed by atoms with E-state index in [1.54, 1.807) is 36.2 Å². The van der Waals surface area contributed by atoms with E-state index in [2.05, 4.69) is 5.32 Å². The van der Waals surface area contributed by atoms with E-state index in [-0.39, 0.29) is 17.9 Å². The van der Waals surface area contributed by atoms with Gasteiger partial charge in [-0.05, 0) is 36.4 Å². The molecule has 1 aliphatic heterocycles. The van der Waals surface area contributed by atoms with Gasteiger partial charge in [0.1, 0.15) is 6.61 Å². The summed E-state index contributed by atoms with van der Waals surface area (Å²) in [5.74, 6) is 1.16. The highest BCUT2D eigenvalue weighted by atomic mass is 16.6. The van der Waals surface area contributed by atoms with Gasteiger partial charge in [-0.3, -0.25) is 9.59 Å². The van der Waals surface area contributed by atoms with Crippen molar-refractivity contribution in [3.63, 3.8) is 0 Å². The second-order valence-corrected chi connectivity index (χ2v) is 5.94. The standard InChI is InChI=1S/C19H20N2O4/c1-13(22)20-15-9-7-14(8-10-15)19(23)21(2)11-16-12-24-17-5-3-4-6-18(17)25-16/h3-10,16H,11-12H2,1-2H3,(H,20,22). The van der Waals surface area contributed by atoms with Crippen LogP contribution in [0.2, 0.25) is 0 Å². The predicted molar refractivity (Wildman–Crippen MR) is 94.1 cm³/mol. The third-order valence-corrected chi connectivity index (χ3v) is 3.84. The van der Waals surface area contributed by atoms with Gasteiger partial charge in [-0.1, -0.05) is 12.1 Å². The first-order chi connectivity index (χ1) is 12.0. The minimum atomic E-state index is -0.220. The highest BCUT2D eigenvalue weighted by Crippen LogP contribution is 2.31. The molecule has 1 heterocycles. The molecule has 1 aliphatic rings. The minimum Gasteiger partial charge on any atom is -0.486 e. The molecule has 2 aromatic rings. The van der Waals surface area contributed by atoms with Crippen LogP contribution in [-0.4, -0.2) is 43.0 Å². The molecule has 0 aliphatic carbocycles. The van der Waals surface area contributed by atoms with E-state index >= 15 is 0 Å². The van der Waals surface area contributed by atoms with Crippen molar-refractivity contribution < 1.29 is 19.1 Å². The number of hydrogen-bond acceptors (Lipinski definition) is 4. The number of fused-ring (bicyclic) bond motifs is 1. The first kappa shape index (κ1) is 16.8. The Kier molecular flexibility index (Phi) is 4.88. The van der Waals surface area contributed by atoms with Gasteiger partial charge in [0.25, 0.3) is 5.91 Å². The molecule has 0 saturated heterocycles. The third kappa shape index (κ3) is 4.09. The number of hydrogen-bond donors (Lipinski definition) is 1. The Labute approximate surface area is 146 Å². The van der Waals surface area contributed by atoms with Crippen molar-refractivity contribution in [3.8, 4) is 11.5 Å². The first-order valence-corrected chi connectivity index (χ1v) is 8.04. The summed E-state index contributed by atoms with van der Waals surface area (Å²) in [4.78, 5) is 25.2. The molecule has 0 saturated carbocycles. The summed E-state index contributed by atoms with van der Waals surface area (Å²) in [7, 11) is 1.73. The monoisotopic (exact) mass is 340 g/mol. The Balaban J connectivity index is 1.60. The molecule has 2 aromatic carbocycles. The van der Waals surface area contributed by atoms with Crippen LogP contribution in [0.4, 0.5) is 5.69 Å². The zero-order valence-corrected chi connectivity index (χ0v) is 14.2. The quantitative estimate of drug-likeness (QED) is 0.929. The summed E-state index contributed by atoms with van der Waals surface area (Å²) >= 11 is 0. The summed E-state index contributed by atoms with van der Waals surface area (Å²) in [6, 6.07) is 14.3. The molecule has 3 rings (SSSR count). The average Bonchev–Trinajstić information content (AvgIpc) is 2.61. The molecule has 0 radical (unpaired) electrons. The fourth-order valence-corrected chi connectivity index (χ4v) is 2.66. The Morgan fingerprint density at radius 1 is 1.12 bits per heavy atom. The number of likely N-dealkylation sites (N-methyl/N-ethyl adjacent to an activating group) is 1. The third-order valence-electron chi connectivity index (χ3n) is 3.84. The van der Waals surface area contributed by atoms with E-state index in [9.17, 15) is 9.59 Å². The lowest BCUT2D eigenvalue weighted by molar-refractivity contribution is -0.114. The maximum absolute atomic E-state index is 12.5. The van der Waals surface area contributed by atoms with Crippen LogP contribution < -0.4 is 14.8 Å². The zero-order chi connectivity index (χ0) is 17.8. The van der Waals surface area contributed by atoms with Crippen molar-refractivity contribution in [1.29, 1.82) is 0 Å². The maximum Gasteiger partial charge on any atom is 0.253 e. The number of carbonyl (C=O) groups is 2. The van der Waals surface area contributed by atoms with Crippen LogP contribution in [0.3, 0.4) is 0 Å². The van der Waals surface area contributed by atoms with Gasteiger partial charge < -0.3 is 19.7 Å². The van der Waals surface area contributed by atoms with Crippen molar-refractivity contribution >= 4 is 17.5 Å². The number of carbonyl (C=O) groups excluding carboxylic acids is 2. The van der Waals surface area contributed by atoms with Gasteiger partial charge in [0.05, 0.1) is 6.54 Å². The molecule has 0 fully saturated rings. The number of nitrogens with zero attached hydrogens (tertiary/aromatic N) is 1. The van der Waals surface area contributed by atoms with E-state index in [1.807, 2.05) is 24.3 Å². The van der Waals surface area contributed by atoms with E-state index in [0.717, 1.165) is 5.75 Å². The maximum atomic E-state index is 12.5. The van der Waals surface area contributed by atoms with E-state index in [4.69, 9.17) is 9.47 Å². The fourth-order valence-electron chi connectivity index (χ4n) is 2.66. The molecule has 2 amide bonds. The lowest BCUT2D eigenvalue weighted by Gasteiger charge is -2.29. The molecule has 1 atom stereocenters. The molecule has 25 heavy (non-hydrogen) atoms. The van der Waals surface area contributed by atoms with Crippen LogP contribution in [0.5, 0.6) is 11.5 Å². The molecule has 1 N–H and O–H groups in total. The van der Waals surface area contributed by atoms with Gasteiger partial charge in [0.2, 0.25) is 5.91 Å². The minimum absolute atomic E-state index is 0.114. The largest absolute Gasteiger partial charge is 0.486 e. The highest BCUT2D eigenvalue weighted by molar-refractivity contribution is 5.95. The fraction of sp³-hybridized carbons (Fsp3) is 0.263. The smallest absolute Gasteiger partial charge is 0.253 e. The van der Waals surface area contributed by atoms with Gasteiger partial charge in [-0.25, -0.2) is 0 Å². The summed E-state index contributed by atoms with van der Waals surface area (Å²) in [6.45, 7) is 2.26. The molecular weight excluding hydrogens is 320 g/mol. The van der Waals surface area contributed by atoms with Crippen LogP contribution in [-0.2, 0) is 4.79 Å². The first-order valence-electron chi connectivity index (χ1n) is 8.04. The number of nitrogens with one attached hydrogen (secondary N) is 1. The van der Waals surface area contributed by atoms with Gasteiger partial charge in [-0.2, -0.15) is 0 Å². The SMILES string of the molecule is CC(=O)Nc1ccc(C(=O)N(C)CC2COc3ccccc3O2)cc1. The van der Waals surface area contributed by atoms with Crippen LogP contribution in [0.25, 0.3) is 0 Å². The van der Waals surface area contributed by atoms with Crippen LogP contribution >= 0.6 is 0 Å². The van der Waals surface area contributed by atoms with Crippen LogP contribution in [0.1, 0.15) is 17.3 Å². The number of para-hydroxylation sites is 2. The van der Waals surface area contributed by atoms with Gasteiger partial charge in [0, 0.05) is 25.2 Å². The summed E-state index contributed by atoms with van der Waals surface area (Å²) < 4.78 is 11.6. The molecular formula is C19H20N2O4. The van der Waals surface area contributed by atoms with Crippen molar-refractivity contribution in [2.75, 3.05) is 25.5 Å². The zero-order valence-electron chi connectivity index (χ0n) is 14.2. The van der Waals surface area contributed by atoms with Gasteiger partial charge in [-0.15, -0.1) is 0 Å². The molecule has 0 bridgehead atoms. The van der Waals surface area contributed by atoms with E-state index in [0.29, 0.717) is 30.2 Å².